The first-order valence-electron chi connectivity index (χ1n) is 7.73. The smallest absolute Gasteiger partial charge is 0.225 e. The van der Waals surface area contributed by atoms with Crippen LogP contribution in [0.25, 0.3) is 0 Å². The van der Waals surface area contributed by atoms with Gasteiger partial charge in [0.15, 0.2) is 0 Å². The molecule has 0 bridgehead atoms. The first-order chi connectivity index (χ1) is 8.96. The number of carbonyl (C=O) groups is 1. The number of rotatable bonds is 6. The molecule has 0 aromatic rings. The minimum absolute atomic E-state index is 0.0561. The normalized spacial score (nSPS) is 12.3. The summed E-state index contributed by atoms with van der Waals surface area (Å²) in [7, 11) is 0. The average molecular weight is 279 g/mol. The molecule has 0 aromatic heterocycles. The Morgan fingerprint density at radius 2 is 1.65 bits per heavy atom. The van der Waals surface area contributed by atoms with E-state index in [1.54, 1.807) is 0 Å². The molecule has 0 fully saturated rings. The highest BCUT2D eigenvalue weighted by molar-refractivity contribution is 5.81. The number of hydrogen-bond acceptors (Lipinski definition) is 1. The SMILES string of the molecule is CC(C)C#CCC(C)(C)CC(C)(C)C(=O)NCC(C)C. The van der Waals surface area contributed by atoms with E-state index in [1.807, 2.05) is 13.8 Å². The fourth-order valence-electron chi connectivity index (χ4n) is 2.37. The number of amides is 1. The summed E-state index contributed by atoms with van der Waals surface area (Å²) in [5, 5.41) is 3.04. The fourth-order valence-corrected chi connectivity index (χ4v) is 2.37. The van der Waals surface area contributed by atoms with Crippen molar-refractivity contribution < 1.29 is 4.79 Å². The average Bonchev–Trinajstić information content (AvgIpc) is 2.22. The maximum atomic E-state index is 12.3. The van der Waals surface area contributed by atoms with Crippen LogP contribution in [-0.2, 0) is 4.79 Å². The Morgan fingerprint density at radius 3 is 2.10 bits per heavy atom. The molecule has 116 valence electrons. The lowest BCUT2D eigenvalue weighted by atomic mass is 9.73. The Morgan fingerprint density at radius 1 is 1.10 bits per heavy atom. The van der Waals surface area contributed by atoms with Crippen molar-refractivity contribution >= 4 is 5.91 Å². The van der Waals surface area contributed by atoms with Crippen LogP contribution >= 0.6 is 0 Å². The Kier molecular flexibility index (Phi) is 7.34. The monoisotopic (exact) mass is 279 g/mol. The first-order valence-corrected chi connectivity index (χ1v) is 7.73. The molecule has 2 heteroatoms. The van der Waals surface area contributed by atoms with Gasteiger partial charge in [0.2, 0.25) is 5.91 Å². The van der Waals surface area contributed by atoms with E-state index >= 15 is 0 Å². The number of nitrogens with one attached hydrogen (secondary N) is 1. The van der Waals surface area contributed by atoms with Crippen molar-refractivity contribution in [1.29, 1.82) is 0 Å². The van der Waals surface area contributed by atoms with Gasteiger partial charge in [0.25, 0.3) is 0 Å². The minimum atomic E-state index is -0.349. The molecule has 0 unspecified atom stereocenters. The van der Waals surface area contributed by atoms with Crippen molar-refractivity contribution in [2.45, 2.75) is 68.2 Å². The Labute approximate surface area is 126 Å². The third-order valence-corrected chi connectivity index (χ3v) is 3.16. The maximum Gasteiger partial charge on any atom is 0.225 e. The molecule has 1 N–H and O–H groups in total. The zero-order valence-corrected chi connectivity index (χ0v) is 14.7. The van der Waals surface area contributed by atoms with Crippen molar-refractivity contribution in [3.8, 4) is 11.8 Å². The highest BCUT2D eigenvalue weighted by Crippen LogP contribution is 2.36. The van der Waals surface area contributed by atoms with Crippen molar-refractivity contribution in [3.05, 3.63) is 0 Å². The predicted octanol–water partition coefficient (Wildman–Crippen LogP) is 4.25. The van der Waals surface area contributed by atoms with Crippen LogP contribution in [0.4, 0.5) is 0 Å². The van der Waals surface area contributed by atoms with E-state index in [0.717, 1.165) is 19.4 Å². The minimum Gasteiger partial charge on any atom is -0.355 e. The molecule has 1 amide bonds. The quantitative estimate of drug-likeness (QED) is 0.724. The lowest BCUT2D eigenvalue weighted by Gasteiger charge is -2.33. The van der Waals surface area contributed by atoms with E-state index in [-0.39, 0.29) is 16.7 Å². The lowest BCUT2D eigenvalue weighted by molar-refractivity contribution is -0.131. The third kappa shape index (κ3) is 8.25. The zero-order chi connectivity index (χ0) is 16.0. The summed E-state index contributed by atoms with van der Waals surface area (Å²) < 4.78 is 0. The molecule has 20 heavy (non-hydrogen) atoms. The number of carbonyl (C=O) groups excluding carboxylic acids is 1. The Balaban J connectivity index is 4.57. The molecule has 0 aliphatic carbocycles. The molecule has 0 aliphatic rings. The summed E-state index contributed by atoms with van der Waals surface area (Å²) in [6, 6.07) is 0. The van der Waals surface area contributed by atoms with Gasteiger partial charge in [-0.2, -0.15) is 0 Å². The van der Waals surface area contributed by atoms with Gasteiger partial charge in [0.1, 0.15) is 0 Å². The number of hydrogen-bond donors (Lipinski definition) is 1. The summed E-state index contributed by atoms with van der Waals surface area (Å²) >= 11 is 0. The molecule has 0 rings (SSSR count). The van der Waals surface area contributed by atoms with Crippen LogP contribution in [0.5, 0.6) is 0 Å². The van der Waals surface area contributed by atoms with E-state index < -0.39 is 0 Å². The van der Waals surface area contributed by atoms with Gasteiger partial charge in [-0.05, 0) is 17.8 Å². The molecule has 2 nitrogen and oxygen atoms in total. The van der Waals surface area contributed by atoms with Crippen molar-refractivity contribution in [2.24, 2.45) is 22.7 Å². The molecule has 0 saturated carbocycles. The molecule has 0 saturated heterocycles. The highest BCUT2D eigenvalue weighted by Gasteiger charge is 2.34. The molecule has 0 aliphatic heterocycles. The summed E-state index contributed by atoms with van der Waals surface area (Å²) in [4.78, 5) is 12.3. The van der Waals surface area contributed by atoms with Gasteiger partial charge in [-0.1, -0.05) is 55.4 Å². The van der Waals surface area contributed by atoms with Crippen LogP contribution < -0.4 is 5.32 Å². The van der Waals surface area contributed by atoms with E-state index in [4.69, 9.17) is 0 Å². The second kappa shape index (κ2) is 7.72. The summed E-state index contributed by atoms with van der Waals surface area (Å²) in [5.74, 6) is 7.51. The van der Waals surface area contributed by atoms with E-state index in [2.05, 4.69) is 58.7 Å². The van der Waals surface area contributed by atoms with Gasteiger partial charge in [-0.25, -0.2) is 0 Å². The first kappa shape index (κ1) is 19.0. The largest absolute Gasteiger partial charge is 0.355 e. The van der Waals surface area contributed by atoms with Crippen molar-refractivity contribution in [1.82, 2.24) is 5.32 Å². The van der Waals surface area contributed by atoms with Gasteiger partial charge < -0.3 is 5.32 Å². The van der Waals surface area contributed by atoms with Gasteiger partial charge in [0, 0.05) is 24.3 Å². The van der Waals surface area contributed by atoms with Crippen LogP contribution in [-0.4, -0.2) is 12.5 Å². The van der Waals surface area contributed by atoms with Crippen LogP contribution in [0.3, 0.4) is 0 Å². The maximum absolute atomic E-state index is 12.3. The molecular formula is C18H33NO. The summed E-state index contributed by atoms with van der Waals surface area (Å²) in [6.07, 6.45) is 1.68. The molecule has 0 radical (unpaired) electrons. The third-order valence-electron chi connectivity index (χ3n) is 3.16. The second-order valence-electron chi connectivity index (χ2n) is 7.98. The predicted molar refractivity (Wildman–Crippen MR) is 87.3 cm³/mol. The van der Waals surface area contributed by atoms with E-state index in [9.17, 15) is 4.79 Å². The topological polar surface area (TPSA) is 29.1 Å². The summed E-state index contributed by atoms with van der Waals surface area (Å²) in [6.45, 7) is 17.6. The zero-order valence-electron chi connectivity index (χ0n) is 14.7. The molecule has 0 heterocycles. The van der Waals surface area contributed by atoms with E-state index in [0.29, 0.717) is 11.8 Å². The second-order valence-corrected chi connectivity index (χ2v) is 7.98. The highest BCUT2D eigenvalue weighted by atomic mass is 16.2. The molecular weight excluding hydrogens is 246 g/mol. The molecule has 0 atom stereocenters. The molecule has 0 aromatic carbocycles. The summed E-state index contributed by atoms with van der Waals surface area (Å²) in [5.41, 5.74) is -0.293. The van der Waals surface area contributed by atoms with Gasteiger partial charge in [0.05, 0.1) is 0 Å². The van der Waals surface area contributed by atoms with Gasteiger partial charge >= 0.3 is 0 Å². The standard InChI is InChI=1S/C18H33NO/c1-14(2)10-9-11-17(5,6)13-18(7,8)16(20)19-12-15(3)4/h14-15H,11-13H2,1-8H3,(H,19,20). The van der Waals surface area contributed by atoms with Crippen molar-refractivity contribution in [3.63, 3.8) is 0 Å². The van der Waals surface area contributed by atoms with Gasteiger partial charge in [-0.15, -0.1) is 11.8 Å². The van der Waals surface area contributed by atoms with Crippen molar-refractivity contribution in [2.75, 3.05) is 6.54 Å². The van der Waals surface area contributed by atoms with Crippen LogP contribution in [0.2, 0.25) is 0 Å². The lowest BCUT2D eigenvalue weighted by Crippen LogP contribution is -2.41. The van der Waals surface area contributed by atoms with Crippen LogP contribution in [0.15, 0.2) is 0 Å². The van der Waals surface area contributed by atoms with E-state index in [1.165, 1.54) is 0 Å². The van der Waals surface area contributed by atoms with Crippen LogP contribution in [0.1, 0.15) is 68.2 Å². The van der Waals surface area contributed by atoms with Gasteiger partial charge in [-0.3, -0.25) is 4.79 Å². The Bertz CT molecular complexity index is 367. The Hall–Kier alpha value is -0.970. The molecule has 0 spiro atoms. The van der Waals surface area contributed by atoms with Crippen LogP contribution in [0, 0.1) is 34.5 Å². The fraction of sp³-hybridized carbons (Fsp3) is 0.833.